The molecular weight excluding hydrogens is 223 g/mol. The van der Waals surface area contributed by atoms with Crippen molar-refractivity contribution in [1.82, 2.24) is 10.4 Å². The highest BCUT2D eigenvalue weighted by molar-refractivity contribution is 5.85. The molecule has 2 heterocycles. The lowest BCUT2D eigenvalue weighted by molar-refractivity contribution is 0.0705. The van der Waals surface area contributed by atoms with E-state index in [-0.39, 0.29) is 24.8 Å². The average molecular weight is 243 g/mol. The lowest BCUT2D eigenvalue weighted by Crippen LogP contribution is -2.31. The van der Waals surface area contributed by atoms with Crippen LogP contribution in [0.25, 0.3) is 0 Å². The molecule has 2 aliphatic heterocycles. The molecule has 0 bridgehead atoms. The summed E-state index contributed by atoms with van der Waals surface area (Å²) in [6.07, 6.45) is 0. The van der Waals surface area contributed by atoms with Crippen LogP contribution in [0.4, 0.5) is 0 Å². The molecule has 14 heavy (non-hydrogen) atoms. The minimum Gasteiger partial charge on any atom is -0.301 e. The molecule has 86 valence electrons. The molecule has 2 atom stereocenters. The molecular formula is C9H20Cl2N2O. The lowest BCUT2D eigenvalue weighted by atomic mass is 10.1. The van der Waals surface area contributed by atoms with Crippen LogP contribution in [0.3, 0.4) is 0 Å². The maximum Gasteiger partial charge on any atom is 0.0739 e. The van der Waals surface area contributed by atoms with Crippen molar-refractivity contribution in [1.29, 1.82) is 0 Å². The molecule has 2 rings (SSSR count). The molecule has 0 aromatic carbocycles. The summed E-state index contributed by atoms with van der Waals surface area (Å²) < 4.78 is 0. The Morgan fingerprint density at radius 3 is 2.64 bits per heavy atom. The van der Waals surface area contributed by atoms with Crippen LogP contribution >= 0.6 is 24.8 Å². The standard InChI is InChI=1S/C9H18N2O.2ClH/c1-7(2)3-11-4-8-6-12-10-9(8)5-11;;/h7-10H,3-6H2,1-2H3;2*1H. The number of hydrogen-bond acceptors (Lipinski definition) is 3. The van der Waals surface area contributed by atoms with E-state index in [1.807, 2.05) is 0 Å². The van der Waals surface area contributed by atoms with Gasteiger partial charge in [0.2, 0.25) is 0 Å². The van der Waals surface area contributed by atoms with Gasteiger partial charge in [-0.3, -0.25) is 0 Å². The Balaban J connectivity index is 0.000000845. The van der Waals surface area contributed by atoms with E-state index in [4.69, 9.17) is 4.84 Å². The van der Waals surface area contributed by atoms with Gasteiger partial charge in [0.15, 0.2) is 0 Å². The van der Waals surface area contributed by atoms with Crippen molar-refractivity contribution >= 4 is 24.8 Å². The summed E-state index contributed by atoms with van der Waals surface area (Å²) >= 11 is 0. The number of rotatable bonds is 2. The fraction of sp³-hybridized carbons (Fsp3) is 1.00. The predicted molar refractivity (Wildman–Crippen MR) is 62.1 cm³/mol. The van der Waals surface area contributed by atoms with Gasteiger partial charge in [-0.1, -0.05) is 13.8 Å². The highest BCUT2D eigenvalue weighted by Crippen LogP contribution is 2.22. The zero-order chi connectivity index (χ0) is 8.55. The Hall–Kier alpha value is 0.460. The Bertz CT molecular complexity index is 157. The molecule has 0 aromatic heterocycles. The maximum atomic E-state index is 5.19. The highest BCUT2D eigenvalue weighted by Gasteiger charge is 2.36. The second kappa shape index (κ2) is 6.13. The zero-order valence-electron chi connectivity index (χ0n) is 8.73. The van der Waals surface area contributed by atoms with Crippen LogP contribution in [0.15, 0.2) is 0 Å². The molecule has 0 spiro atoms. The molecule has 2 saturated heterocycles. The Kier molecular flexibility index (Phi) is 6.33. The molecule has 0 amide bonds. The van der Waals surface area contributed by atoms with Crippen LogP contribution in [0, 0.1) is 11.8 Å². The summed E-state index contributed by atoms with van der Waals surface area (Å²) in [5.74, 6) is 1.52. The Labute approximate surface area is 98.3 Å². The fourth-order valence-corrected chi connectivity index (χ4v) is 2.19. The number of nitrogens with one attached hydrogen (secondary N) is 1. The van der Waals surface area contributed by atoms with Crippen LogP contribution in [0.1, 0.15) is 13.8 Å². The first-order chi connectivity index (χ1) is 5.75. The van der Waals surface area contributed by atoms with E-state index in [1.54, 1.807) is 0 Å². The van der Waals surface area contributed by atoms with Crippen LogP contribution in [-0.2, 0) is 4.84 Å². The smallest absolute Gasteiger partial charge is 0.0739 e. The zero-order valence-corrected chi connectivity index (χ0v) is 10.4. The van der Waals surface area contributed by atoms with Crippen molar-refractivity contribution in [2.24, 2.45) is 11.8 Å². The molecule has 3 nitrogen and oxygen atoms in total. The third kappa shape index (κ3) is 3.24. The van der Waals surface area contributed by atoms with Gasteiger partial charge in [0.05, 0.1) is 12.6 Å². The van der Waals surface area contributed by atoms with E-state index in [1.165, 1.54) is 19.6 Å². The number of hydroxylamine groups is 1. The summed E-state index contributed by atoms with van der Waals surface area (Å²) in [7, 11) is 0. The third-order valence-electron chi connectivity index (χ3n) is 2.67. The van der Waals surface area contributed by atoms with E-state index < -0.39 is 0 Å². The summed E-state index contributed by atoms with van der Waals surface area (Å²) in [5, 5.41) is 0. The second-order valence-electron chi connectivity index (χ2n) is 4.41. The largest absolute Gasteiger partial charge is 0.301 e. The van der Waals surface area contributed by atoms with Crippen molar-refractivity contribution in [3.05, 3.63) is 0 Å². The van der Waals surface area contributed by atoms with Crippen LogP contribution in [-0.4, -0.2) is 37.2 Å². The topological polar surface area (TPSA) is 24.5 Å². The van der Waals surface area contributed by atoms with Crippen molar-refractivity contribution in [2.75, 3.05) is 26.2 Å². The van der Waals surface area contributed by atoms with Crippen molar-refractivity contribution in [3.8, 4) is 0 Å². The summed E-state index contributed by atoms with van der Waals surface area (Å²) in [5.41, 5.74) is 3.08. The minimum absolute atomic E-state index is 0. The van der Waals surface area contributed by atoms with Crippen molar-refractivity contribution < 1.29 is 4.84 Å². The molecule has 0 aliphatic carbocycles. The van der Waals surface area contributed by atoms with E-state index in [0.29, 0.717) is 6.04 Å². The van der Waals surface area contributed by atoms with E-state index in [9.17, 15) is 0 Å². The number of halogens is 2. The molecule has 0 saturated carbocycles. The first kappa shape index (κ1) is 14.5. The Morgan fingerprint density at radius 1 is 1.36 bits per heavy atom. The fourth-order valence-electron chi connectivity index (χ4n) is 2.19. The number of hydrogen-bond donors (Lipinski definition) is 1. The monoisotopic (exact) mass is 242 g/mol. The van der Waals surface area contributed by atoms with Gasteiger partial charge in [0.25, 0.3) is 0 Å². The molecule has 2 fully saturated rings. The summed E-state index contributed by atoms with van der Waals surface area (Å²) in [6.45, 7) is 9.07. The first-order valence-electron chi connectivity index (χ1n) is 4.85. The molecule has 2 unspecified atom stereocenters. The number of fused-ring (bicyclic) bond motifs is 1. The van der Waals surface area contributed by atoms with Gasteiger partial charge in [-0.2, -0.15) is 5.48 Å². The van der Waals surface area contributed by atoms with Crippen LogP contribution in [0.5, 0.6) is 0 Å². The van der Waals surface area contributed by atoms with Gasteiger partial charge >= 0.3 is 0 Å². The number of likely N-dealkylation sites (tertiary alicyclic amines) is 1. The van der Waals surface area contributed by atoms with E-state index in [2.05, 4.69) is 24.2 Å². The molecule has 0 aromatic rings. The second-order valence-corrected chi connectivity index (χ2v) is 4.41. The normalized spacial score (nSPS) is 31.1. The summed E-state index contributed by atoms with van der Waals surface area (Å²) in [6, 6.07) is 0.601. The van der Waals surface area contributed by atoms with Crippen LogP contribution < -0.4 is 5.48 Å². The van der Waals surface area contributed by atoms with Crippen molar-refractivity contribution in [3.63, 3.8) is 0 Å². The Morgan fingerprint density at radius 2 is 2.07 bits per heavy atom. The van der Waals surface area contributed by atoms with Gasteiger partial charge in [-0.05, 0) is 5.92 Å². The predicted octanol–water partition coefficient (Wildman–Crippen LogP) is 1.32. The highest BCUT2D eigenvalue weighted by atomic mass is 35.5. The maximum absolute atomic E-state index is 5.19. The SMILES string of the molecule is CC(C)CN1CC2CONC2C1.Cl.Cl. The van der Waals surface area contributed by atoms with Gasteiger partial charge < -0.3 is 9.74 Å². The van der Waals surface area contributed by atoms with Gasteiger partial charge in [-0.25, -0.2) is 0 Å². The number of nitrogens with zero attached hydrogens (tertiary/aromatic N) is 1. The average Bonchev–Trinajstić information content (AvgIpc) is 2.43. The molecule has 0 radical (unpaired) electrons. The minimum atomic E-state index is 0. The van der Waals surface area contributed by atoms with Gasteiger partial charge in [-0.15, -0.1) is 24.8 Å². The van der Waals surface area contributed by atoms with Gasteiger partial charge in [0.1, 0.15) is 0 Å². The van der Waals surface area contributed by atoms with Crippen molar-refractivity contribution in [2.45, 2.75) is 19.9 Å². The lowest BCUT2D eigenvalue weighted by Gasteiger charge is -2.18. The molecule has 5 heteroatoms. The van der Waals surface area contributed by atoms with Gasteiger partial charge in [0, 0.05) is 25.6 Å². The van der Waals surface area contributed by atoms with E-state index >= 15 is 0 Å². The quantitative estimate of drug-likeness (QED) is 0.791. The van der Waals surface area contributed by atoms with Crippen LogP contribution in [0.2, 0.25) is 0 Å². The summed E-state index contributed by atoms with van der Waals surface area (Å²) in [4.78, 5) is 7.73. The molecule has 1 N–H and O–H groups in total. The van der Waals surface area contributed by atoms with E-state index in [0.717, 1.165) is 18.4 Å². The molecule has 2 aliphatic rings. The third-order valence-corrected chi connectivity index (χ3v) is 2.67. The first-order valence-corrected chi connectivity index (χ1v) is 4.85.